The lowest BCUT2D eigenvalue weighted by Crippen LogP contribution is -2.34. The van der Waals surface area contributed by atoms with Crippen molar-refractivity contribution in [2.45, 2.75) is 25.3 Å². The Kier molecular flexibility index (Phi) is 5.28. The SMILES string of the molecule is CC(C)S(=O)(=O)NCC(=O)c1ccc(-c2noc(C(F)(F)F)n2)cc1. The zero-order valence-electron chi connectivity index (χ0n) is 13.2. The molecule has 1 aromatic heterocycles. The second-order valence-corrected chi connectivity index (χ2v) is 7.66. The van der Waals surface area contributed by atoms with Crippen molar-refractivity contribution in [1.29, 1.82) is 0 Å². The van der Waals surface area contributed by atoms with Crippen LogP contribution in [0.15, 0.2) is 28.8 Å². The summed E-state index contributed by atoms with van der Waals surface area (Å²) in [6, 6.07) is 5.36. The highest BCUT2D eigenvalue weighted by atomic mass is 32.2. The van der Waals surface area contributed by atoms with Gasteiger partial charge in [0, 0.05) is 11.1 Å². The first-order valence-corrected chi connectivity index (χ1v) is 8.58. The van der Waals surface area contributed by atoms with Gasteiger partial charge in [0.15, 0.2) is 5.78 Å². The van der Waals surface area contributed by atoms with Gasteiger partial charge in [0.2, 0.25) is 15.8 Å². The van der Waals surface area contributed by atoms with Gasteiger partial charge >= 0.3 is 12.1 Å². The Hall–Kier alpha value is -2.27. The molecule has 0 saturated carbocycles. The summed E-state index contributed by atoms with van der Waals surface area (Å²) >= 11 is 0. The number of nitrogens with zero attached hydrogens (tertiary/aromatic N) is 2. The molecule has 0 amide bonds. The number of nitrogens with one attached hydrogen (secondary N) is 1. The number of aromatic nitrogens is 2. The number of halogens is 3. The highest BCUT2D eigenvalue weighted by molar-refractivity contribution is 7.90. The molecule has 0 bridgehead atoms. The minimum Gasteiger partial charge on any atom is -0.329 e. The minimum atomic E-state index is -4.74. The molecule has 0 saturated heterocycles. The molecular weight excluding hydrogens is 363 g/mol. The zero-order valence-corrected chi connectivity index (χ0v) is 14.0. The first-order chi connectivity index (χ1) is 11.5. The summed E-state index contributed by atoms with van der Waals surface area (Å²) in [4.78, 5) is 15.2. The third-order valence-corrected chi connectivity index (χ3v) is 4.98. The van der Waals surface area contributed by atoms with Crippen LogP contribution in [0.25, 0.3) is 11.4 Å². The highest BCUT2D eigenvalue weighted by Gasteiger charge is 2.38. The van der Waals surface area contributed by atoms with Crippen LogP contribution in [0.4, 0.5) is 13.2 Å². The monoisotopic (exact) mass is 377 g/mol. The van der Waals surface area contributed by atoms with Crippen LogP contribution < -0.4 is 4.72 Å². The van der Waals surface area contributed by atoms with E-state index < -0.39 is 39.7 Å². The molecule has 25 heavy (non-hydrogen) atoms. The van der Waals surface area contributed by atoms with Crippen molar-refractivity contribution in [2.75, 3.05) is 6.54 Å². The maximum atomic E-state index is 12.4. The molecule has 1 heterocycles. The minimum absolute atomic E-state index is 0.190. The lowest BCUT2D eigenvalue weighted by molar-refractivity contribution is -0.159. The third-order valence-electron chi connectivity index (χ3n) is 3.19. The van der Waals surface area contributed by atoms with E-state index in [2.05, 4.69) is 19.4 Å². The molecule has 0 aliphatic carbocycles. The zero-order chi connectivity index (χ0) is 18.8. The topological polar surface area (TPSA) is 102 Å². The molecule has 0 atom stereocenters. The molecule has 1 N–H and O–H groups in total. The summed E-state index contributed by atoms with van der Waals surface area (Å²) in [5.41, 5.74) is 0.410. The fourth-order valence-electron chi connectivity index (χ4n) is 1.70. The number of carbonyl (C=O) groups is 1. The van der Waals surface area contributed by atoms with Gasteiger partial charge in [-0.05, 0) is 13.8 Å². The van der Waals surface area contributed by atoms with Crippen LogP contribution in [0.1, 0.15) is 30.1 Å². The third kappa shape index (κ3) is 4.63. The molecule has 2 rings (SSSR count). The number of carbonyl (C=O) groups excluding carboxylic acids is 1. The average molecular weight is 377 g/mol. The van der Waals surface area contributed by atoms with Crippen LogP contribution in [-0.4, -0.2) is 36.1 Å². The van der Waals surface area contributed by atoms with Gasteiger partial charge in [-0.2, -0.15) is 18.2 Å². The molecule has 2 aromatic rings. The van der Waals surface area contributed by atoms with Gasteiger partial charge < -0.3 is 4.52 Å². The van der Waals surface area contributed by atoms with Crippen LogP contribution in [0.3, 0.4) is 0 Å². The number of benzene rings is 1. The number of sulfonamides is 1. The number of Topliss-reactive ketones (excluding diaryl/α,β-unsaturated/α-hetero) is 1. The van der Waals surface area contributed by atoms with Crippen molar-refractivity contribution in [3.05, 3.63) is 35.7 Å². The van der Waals surface area contributed by atoms with Crippen molar-refractivity contribution < 1.29 is 30.9 Å². The van der Waals surface area contributed by atoms with Crippen LogP contribution in [0.5, 0.6) is 0 Å². The fraction of sp³-hybridized carbons (Fsp3) is 0.357. The molecule has 0 aliphatic rings. The van der Waals surface area contributed by atoms with Crippen molar-refractivity contribution in [1.82, 2.24) is 14.9 Å². The number of hydrogen-bond acceptors (Lipinski definition) is 6. The largest absolute Gasteiger partial charge is 0.471 e. The molecule has 0 fully saturated rings. The normalized spacial score (nSPS) is 12.6. The van der Waals surface area contributed by atoms with Gasteiger partial charge in [-0.25, -0.2) is 13.1 Å². The van der Waals surface area contributed by atoms with Crippen LogP contribution in [0, 0.1) is 0 Å². The summed E-state index contributed by atoms with van der Waals surface area (Å²) in [6.07, 6.45) is -4.74. The Morgan fingerprint density at radius 2 is 1.84 bits per heavy atom. The first kappa shape index (κ1) is 19.1. The van der Waals surface area contributed by atoms with E-state index in [4.69, 9.17) is 0 Å². The molecule has 1 aromatic carbocycles. The summed E-state index contributed by atoms with van der Waals surface area (Å²) in [7, 11) is -3.57. The Bertz CT molecular complexity index is 858. The van der Waals surface area contributed by atoms with Gasteiger partial charge in [-0.1, -0.05) is 29.4 Å². The maximum Gasteiger partial charge on any atom is 0.471 e. The first-order valence-electron chi connectivity index (χ1n) is 7.03. The molecule has 0 unspecified atom stereocenters. The van der Waals surface area contributed by atoms with Crippen molar-refractivity contribution in [3.8, 4) is 11.4 Å². The number of hydrogen-bond donors (Lipinski definition) is 1. The molecular formula is C14H14F3N3O4S. The summed E-state index contributed by atoms with van der Waals surface area (Å²) in [5.74, 6) is -2.22. The van der Waals surface area contributed by atoms with E-state index in [-0.39, 0.29) is 17.0 Å². The van der Waals surface area contributed by atoms with Gasteiger partial charge in [0.1, 0.15) is 0 Å². The fourth-order valence-corrected chi connectivity index (χ4v) is 2.36. The summed E-state index contributed by atoms with van der Waals surface area (Å²) in [5, 5.41) is 2.56. The average Bonchev–Trinajstić information content (AvgIpc) is 3.03. The predicted molar refractivity (Wildman–Crippen MR) is 81.1 cm³/mol. The van der Waals surface area contributed by atoms with Crippen molar-refractivity contribution in [3.63, 3.8) is 0 Å². The van der Waals surface area contributed by atoms with E-state index in [0.717, 1.165) is 0 Å². The lowest BCUT2D eigenvalue weighted by atomic mass is 10.1. The standard InChI is InChI=1S/C14H14F3N3O4S/c1-8(2)25(22,23)18-7-11(21)9-3-5-10(6-4-9)12-19-13(24-20-12)14(15,16)17/h3-6,8,18H,7H2,1-2H3. The predicted octanol–water partition coefficient (Wildman–Crippen LogP) is 2.27. The molecule has 0 aliphatic heterocycles. The molecule has 136 valence electrons. The Labute approximate surface area is 141 Å². The van der Waals surface area contributed by atoms with Crippen LogP contribution >= 0.6 is 0 Å². The second kappa shape index (κ2) is 6.92. The molecule has 11 heteroatoms. The van der Waals surface area contributed by atoms with Crippen LogP contribution in [-0.2, 0) is 16.2 Å². The van der Waals surface area contributed by atoms with Gasteiger partial charge in [-0.15, -0.1) is 0 Å². The lowest BCUT2D eigenvalue weighted by Gasteiger charge is -2.08. The molecule has 0 radical (unpaired) electrons. The Morgan fingerprint density at radius 3 is 2.32 bits per heavy atom. The number of rotatable bonds is 6. The number of alkyl halides is 3. The maximum absolute atomic E-state index is 12.4. The van der Waals surface area contributed by atoms with Gasteiger partial charge in [0.25, 0.3) is 0 Å². The Balaban J connectivity index is 2.09. The summed E-state index contributed by atoms with van der Waals surface area (Å²) < 4.78 is 66.8. The van der Waals surface area contributed by atoms with E-state index >= 15 is 0 Å². The number of ketones is 1. The quantitative estimate of drug-likeness (QED) is 0.775. The van der Waals surface area contributed by atoms with Crippen molar-refractivity contribution >= 4 is 15.8 Å². The van der Waals surface area contributed by atoms with E-state index in [1.807, 2.05) is 0 Å². The Morgan fingerprint density at radius 1 is 1.24 bits per heavy atom. The molecule has 0 spiro atoms. The smallest absolute Gasteiger partial charge is 0.329 e. The van der Waals surface area contributed by atoms with Gasteiger partial charge in [0.05, 0.1) is 11.8 Å². The van der Waals surface area contributed by atoms with E-state index in [9.17, 15) is 26.4 Å². The van der Waals surface area contributed by atoms with E-state index in [1.54, 1.807) is 0 Å². The summed E-state index contributed by atoms with van der Waals surface area (Å²) in [6.45, 7) is 2.53. The van der Waals surface area contributed by atoms with Crippen molar-refractivity contribution in [2.24, 2.45) is 0 Å². The van der Waals surface area contributed by atoms with Crippen LogP contribution in [0.2, 0.25) is 0 Å². The van der Waals surface area contributed by atoms with E-state index in [0.29, 0.717) is 0 Å². The van der Waals surface area contributed by atoms with E-state index in [1.165, 1.54) is 38.1 Å². The molecule has 7 nitrogen and oxygen atoms in total. The second-order valence-electron chi connectivity index (χ2n) is 5.34. The van der Waals surface area contributed by atoms with Gasteiger partial charge in [-0.3, -0.25) is 4.79 Å². The highest BCUT2D eigenvalue weighted by Crippen LogP contribution is 2.29.